The van der Waals surface area contributed by atoms with Gasteiger partial charge < -0.3 is 24.6 Å². The molecule has 268 valence electrons. The Bertz CT molecular complexity index is 1930. The van der Waals surface area contributed by atoms with Crippen molar-refractivity contribution in [3.8, 4) is 5.75 Å². The number of aliphatic hydroxyl groups excluding tert-OH is 1. The largest absolute Gasteiger partial charge is 0.497 e. The monoisotopic (exact) mass is 689 g/mol. The van der Waals surface area contributed by atoms with E-state index in [9.17, 15) is 19.8 Å². The number of fused-ring (bicyclic) bond motifs is 2. The molecule has 3 fully saturated rings. The molecule has 0 radical (unpaired) electrons. The standard InChI is InChI=1S/C44H51NO6/c1-5-51-39(48)45(27-31-11-8-10-29-9-6-7-12-34(29)31)28-43(49)22-19-37-41(43,3)21-18-36-40(2)20-17-32(46)25-42(40)23-24-44(36,37)35(26-42)38(47)30-13-15-33(50-4)16-14-30/h6-16,23-24,26,32,36-37,46,49H,5,17-22,25,27-28H2,1-4H3/t32?,36-,37-,40-,41+,42+,43-,44-/m1/s1. The maximum atomic E-state index is 14.9. The maximum absolute atomic E-state index is 14.9. The van der Waals surface area contributed by atoms with Gasteiger partial charge in [-0.2, -0.15) is 0 Å². The van der Waals surface area contributed by atoms with Crippen molar-refractivity contribution in [1.82, 2.24) is 4.90 Å². The fourth-order valence-corrected chi connectivity index (χ4v) is 11.8. The number of nitrogens with zero attached hydrogens (tertiary/aromatic N) is 1. The van der Waals surface area contributed by atoms with Gasteiger partial charge in [0.15, 0.2) is 5.78 Å². The van der Waals surface area contributed by atoms with Crippen molar-refractivity contribution in [2.45, 2.75) is 84.0 Å². The van der Waals surface area contributed by atoms with Crippen molar-refractivity contribution in [3.63, 3.8) is 0 Å². The molecule has 2 bridgehead atoms. The summed E-state index contributed by atoms with van der Waals surface area (Å²) in [5, 5.41) is 26.2. The van der Waals surface area contributed by atoms with Crippen molar-refractivity contribution in [3.05, 3.63) is 102 Å². The predicted octanol–water partition coefficient (Wildman–Crippen LogP) is 8.28. The minimum atomic E-state index is -1.20. The zero-order chi connectivity index (χ0) is 35.8. The van der Waals surface area contributed by atoms with E-state index in [1.165, 1.54) is 0 Å². The van der Waals surface area contributed by atoms with Gasteiger partial charge in [0.05, 0.1) is 32.0 Å². The number of amides is 1. The lowest BCUT2D eigenvalue weighted by Crippen LogP contribution is -2.67. The summed E-state index contributed by atoms with van der Waals surface area (Å²) < 4.78 is 11.0. The zero-order valence-corrected chi connectivity index (χ0v) is 30.4. The Labute approximate surface area is 301 Å². The van der Waals surface area contributed by atoms with Crippen molar-refractivity contribution in [1.29, 1.82) is 0 Å². The summed E-state index contributed by atoms with van der Waals surface area (Å²) >= 11 is 0. The molecule has 3 aromatic rings. The van der Waals surface area contributed by atoms with Gasteiger partial charge in [0.1, 0.15) is 5.75 Å². The van der Waals surface area contributed by atoms with Crippen LogP contribution in [0.15, 0.2) is 90.5 Å². The summed E-state index contributed by atoms with van der Waals surface area (Å²) in [6, 6.07) is 21.7. The number of rotatable bonds is 8. The van der Waals surface area contributed by atoms with Crippen molar-refractivity contribution in [2.75, 3.05) is 20.3 Å². The van der Waals surface area contributed by atoms with Gasteiger partial charge in [0.25, 0.3) is 0 Å². The molecule has 1 amide bonds. The number of hydrogen-bond acceptors (Lipinski definition) is 6. The highest BCUT2D eigenvalue weighted by molar-refractivity contribution is 6.10. The molecule has 0 aliphatic heterocycles. The number of Topliss-reactive ketones (excluding diaryl/α,β-unsaturated/α-hetero) is 1. The number of aliphatic hydroxyl groups is 2. The number of ether oxygens (including phenoxy) is 2. The molecule has 1 unspecified atom stereocenters. The fraction of sp³-hybridized carbons (Fsp3) is 0.500. The van der Waals surface area contributed by atoms with Crippen LogP contribution in [0.2, 0.25) is 0 Å². The number of ketones is 1. The molecule has 7 nitrogen and oxygen atoms in total. The van der Waals surface area contributed by atoms with Gasteiger partial charge in [-0.15, -0.1) is 0 Å². The van der Waals surface area contributed by atoms with Crippen LogP contribution >= 0.6 is 0 Å². The summed E-state index contributed by atoms with van der Waals surface area (Å²) in [6.45, 7) is 7.13. The molecule has 51 heavy (non-hydrogen) atoms. The number of carbonyl (C=O) groups is 2. The normalized spacial score (nSPS) is 36.1. The smallest absolute Gasteiger partial charge is 0.410 e. The summed E-state index contributed by atoms with van der Waals surface area (Å²) in [6.07, 6.45) is 11.2. The molecule has 7 heteroatoms. The first-order valence-corrected chi connectivity index (χ1v) is 18.8. The van der Waals surface area contributed by atoms with Crippen LogP contribution in [0, 0.1) is 33.5 Å². The number of hydrogen-bond donors (Lipinski definition) is 2. The van der Waals surface area contributed by atoms with Gasteiger partial charge in [-0.1, -0.05) is 74.5 Å². The summed E-state index contributed by atoms with van der Waals surface area (Å²) in [4.78, 5) is 30.3. The Balaban J connectivity index is 1.20. The molecule has 2 spiro atoms. The third-order valence-corrected chi connectivity index (χ3v) is 14.5. The Morgan fingerprint density at radius 2 is 1.59 bits per heavy atom. The third-order valence-electron chi connectivity index (χ3n) is 14.5. The molecule has 9 rings (SSSR count). The number of carbonyl (C=O) groups excluding carboxylic acids is 2. The lowest BCUT2D eigenvalue weighted by atomic mass is 9.32. The molecule has 0 aromatic heterocycles. The van der Waals surface area contributed by atoms with E-state index >= 15 is 0 Å². The molecule has 3 saturated carbocycles. The van der Waals surface area contributed by atoms with Gasteiger partial charge in [0.2, 0.25) is 0 Å². The van der Waals surface area contributed by atoms with Gasteiger partial charge in [0, 0.05) is 33.9 Å². The van der Waals surface area contributed by atoms with E-state index in [1.807, 2.05) is 55.5 Å². The quantitative estimate of drug-likeness (QED) is 0.183. The first kappa shape index (κ1) is 34.2. The van der Waals surface area contributed by atoms with Gasteiger partial charge in [-0.05, 0) is 110 Å². The van der Waals surface area contributed by atoms with Crippen molar-refractivity contribution in [2.24, 2.45) is 33.5 Å². The second kappa shape index (κ2) is 12.1. The first-order chi connectivity index (χ1) is 24.4. The average Bonchev–Trinajstić information content (AvgIpc) is 3.41. The van der Waals surface area contributed by atoms with E-state index in [-0.39, 0.29) is 36.2 Å². The lowest BCUT2D eigenvalue weighted by molar-refractivity contribution is -0.175. The summed E-state index contributed by atoms with van der Waals surface area (Å²) in [5.41, 5.74) is -0.468. The molecule has 2 N–H and O–H groups in total. The molecule has 0 saturated heterocycles. The Kier molecular flexibility index (Phi) is 8.08. The highest BCUT2D eigenvalue weighted by Gasteiger charge is 2.74. The Hall–Kier alpha value is -3.94. The molecule has 6 aliphatic rings. The second-order valence-electron chi connectivity index (χ2n) is 16.6. The van der Waals surface area contributed by atoms with Crippen LogP contribution in [-0.2, 0) is 11.3 Å². The van der Waals surface area contributed by atoms with E-state index in [1.54, 1.807) is 12.0 Å². The first-order valence-electron chi connectivity index (χ1n) is 18.8. The number of allylic oxidation sites excluding steroid dienone is 4. The van der Waals surface area contributed by atoms with Crippen LogP contribution in [-0.4, -0.2) is 59.0 Å². The summed E-state index contributed by atoms with van der Waals surface area (Å²) in [7, 11) is 1.62. The predicted molar refractivity (Wildman–Crippen MR) is 197 cm³/mol. The molecule has 8 atom stereocenters. The van der Waals surface area contributed by atoms with E-state index in [4.69, 9.17) is 9.47 Å². The second-order valence-corrected chi connectivity index (χ2v) is 16.6. The topological polar surface area (TPSA) is 96.3 Å². The van der Waals surface area contributed by atoms with E-state index < -0.39 is 34.0 Å². The van der Waals surface area contributed by atoms with Gasteiger partial charge in [-0.25, -0.2) is 4.79 Å². The minimum Gasteiger partial charge on any atom is -0.497 e. The molecule has 0 heterocycles. The lowest BCUT2D eigenvalue weighted by Gasteiger charge is -2.71. The SMILES string of the molecule is CCOC(=O)N(Cc1cccc2ccccc12)C[C@]1(O)CC[C@H]2[C@]34C=C[C@@]5(C=C3C(=O)c3ccc(OC)cc3)CC(O)CC[C@]5(C)[C@H]4CC[C@@]21C. The summed E-state index contributed by atoms with van der Waals surface area (Å²) in [5.74, 6) is 0.866. The van der Waals surface area contributed by atoms with E-state index in [0.29, 0.717) is 30.7 Å². The zero-order valence-electron chi connectivity index (χ0n) is 30.4. The van der Waals surface area contributed by atoms with Crippen LogP contribution in [0.5, 0.6) is 5.75 Å². The molecule has 3 aromatic carbocycles. The maximum Gasteiger partial charge on any atom is 0.410 e. The number of benzene rings is 3. The van der Waals surface area contributed by atoms with Gasteiger partial charge in [-0.3, -0.25) is 4.79 Å². The Morgan fingerprint density at radius 1 is 0.882 bits per heavy atom. The highest BCUT2D eigenvalue weighted by Crippen LogP contribution is 2.78. The van der Waals surface area contributed by atoms with Crippen LogP contribution in [0.25, 0.3) is 10.8 Å². The number of methoxy groups -OCH3 is 1. The average molecular weight is 690 g/mol. The fourth-order valence-electron chi connectivity index (χ4n) is 11.8. The molecular formula is C44H51NO6. The minimum absolute atomic E-state index is 0.0114. The molecular weight excluding hydrogens is 638 g/mol. The van der Waals surface area contributed by atoms with Crippen LogP contribution in [0.4, 0.5) is 4.79 Å². The van der Waals surface area contributed by atoms with Crippen LogP contribution in [0.3, 0.4) is 0 Å². The van der Waals surface area contributed by atoms with E-state index in [2.05, 4.69) is 50.3 Å². The highest BCUT2D eigenvalue weighted by atomic mass is 16.6. The van der Waals surface area contributed by atoms with Crippen molar-refractivity contribution < 1.29 is 29.3 Å². The molecule has 6 aliphatic carbocycles. The Morgan fingerprint density at radius 3 is 2.35 bits per heavy atom. The van der Waals surface area contributed by atoms with Crippen molar-refractivity contribution >= 4 is 22.6 Å². The van der Waals surface area contributed by atoms with E-state index in [0.717, 1.165) is 54.0 Å². The van der Waals surface area contributed by atoms with Crippen LogP contribution < -0.4 is 4.74 Å². The van der Waals surface area contributed by atoms with Gasteiger partial charge >= 0.3 is 6.09 Å². The third kappa shape index (κ3) is 4.83. The van der Waals surface area contributed by atoms with Crippen LogP contribution in [0.1, 0.15) is 81.6 Å².